The quantitative estimate of drug-likeness (QED) is 0.768. The SMILES string of the molecule is Cc1nnc(SCC(=O)NC(=O)NCC(C)C)n1C1CCCCC1. The second kappa shape index (κ2) is 9.05. The Bertz CT molecular complexity index is 567. The van der Waals surface area contributed by atoms with E-state index in [2.05, 4.69) is 25.4 Å². The van der Waals surface area contributed by atoms with Gasteiger partial charge in [0.05, 0.1) is 5.75 Å². The fourth-order valence-corrected chi connectivity index (χ4v) is 3.69. The zero-order valence-electron chi connectivity index (χ0n) is 14.7. The average Bonchev–Trinajstić information content (AvgIpc) is 2.92. The normalized spacial score (nSPS) is 15.5. The monoisotopic (exact) mass is 353 g/mol. The number of carbonyl (C=O) groups excluding carboxylic acids is 2. The number of thioether (sulfide) groups is 1. The number of nitrogens with one attached hydrogen (secondary N) is 2. The van der Waals surface area contributed by atoms with Gasteiger partial charge in [-0.25, -0.2) is 4.79 Å². The summed E-state index contributed by atoms with van der Waals surface area (Å²) in [6.45, 7) is 6.49. The number of nitrogens with zero attached hydrogens (tertiary/aromatic N) is 3. The molecule has 134 valence electrons. The van der Waals surface area contributed by atoms with E-state index in [0.717, 1.165) is 23.8 Å². The number of rotatable bonds is 6. The van der Waals surface area contributed by atoms with Gasteiger partial charge in [-0.05, 0) is 25.7 Å². The average molecular weight is 353 g/mol. The van der Waals surface area contributed by atoms with Crippen LogP contribution in [0, 0.1) is 12.8 Å². The molecule has 8 heteroatoms. The molecule has 1 fully saturated rings. The van der Waals surface area contributed by atoms with Crippen LogP contribution in [0.5, 0.6) is 0 Å². The van der Waals surface area contributed by atoms with E-state index in [1.54, 1.807) is 0 Å². The van der Waals surface area contributed by atoms with E-state index in [1.807, 2.05) is 20.8 Å². The summed E-state index contributed by atoms with van der Waals surface area (Å²) in [6.07, 6.45) is 6.01. The van der Waals surface area contributed by atoms with Crippen LogP contribution in [-0.2, 0) is 4.79 Å². The maximum atomic E-state index is 11.9. The number of carbonyl (C=O) groups is 2. The van der Waals surface area contributed by atoms with E-state index in [4.69, 9.17) is 0 Å². The molecule has 2 rings (SSSR count). The minimum absolute atomic E-state index is 0.153. The molecule has 1 heterocycles. The van der Waals surface area contributed by atoms with Gasteiger partial charge in [-0.15, -0.1) is 10.2 Å². The van der Waals surface area contributed by atoms with E-state index in [0.29, 0.717) is 18.5 Å². The van der Waals surface area contributed by atoms with Crippen LogP contribution in [-0.4, -0.2) is 39.0 Å². The number of amides is 3. The van der Waals surface area contributed by atoms with E-state index < -0.39 is 6.03 Å². The summed E-state index contributed by atoms with van der Waals surface area (Å²) in [5.74, 6) is 1.06. The number of imide groups is 1. The molecule has 1 aliphatic rings. The van der Waals surface area contributed by atoms with Crippen LogP contribution in [0.1, 0.15) is 57.8 Å². The van der Waals surface area contributed by atoms with Crippen LogP contribution in [0.2, 0.25) is 0 Å². The standard InChI is InChI=1S/C16H27N5O2S/c1-11(2)9-17-15(23)18-14(22)10-24-16-20-19-12(3)21(16)13-7-5-4-6-8-13/h11,13H,4-10H2,1-3H3,(H2,17,18,22,23). The third-order valence-corrected chi connectivity index (χ3v) is 4.97. The van der Waals surface area contributed by atoms with Crippen molar-refractivity contribution in [2.24, 2.45) is 5.92 Å². The van der Waals surface area contributed by atoms with Crippen molar-refractivity contribution in [2.75, 3.05) is 12.3 Å². The van der Waals surface area contributed by atoms with E-state index in [9.17, 15) is 9.59 Å². The molecule has 0 bridgehead atoms. The van der Waals surface area contributed by atoms with Crippen molar-refractivity contribution in [2.45, 2.75) is 64.1 Å². The molecule has 3 amide bonds. The Morgan fingerprint density at radius 1 is 1.25 bits per heavy atom. The molecule has 1 aliphatic carbocycles. The predicted octanol–water partition coefficient (Wildman–Crippen LogP) is 2.67. The van der Waals surface area contributed by atoms with Crippen molar-refractivity contribution in [1.29, 1.82) is 0 Å². The molecule has 0 atom stereocenters. The van der Waals surface area contributed by atoms with Crippen LogP contribution in [0.4, 0.5) is 4.79 Å². The highest BCUT2D eigenvalue weighted by atomic mass is 32.2. The van der Waals surface area contributed by atoms with Crippen molar-refractivity contribution >= 4 is 23.7 Å². The molecule has 24 heavy (non-hydrogen) atoms. The third kappa shape index (κ3) is 5.51. The number of aromatic nitrogens is 3. The van der Waals surface area contributed by atoms with Gasteiger partial charge in [-0.1, -0.05) is 44.9 Å². The molecule has 0 spiro atoms. The van der Waals surface area contributed by atoms with Crippen molar-refractivity contribution in [3.05, 3.63) is 5.82 Å². The molecule has 0 radical (unpaired) electrons. The summed E-state index contributed by atoms with van der Waals surface area (Å²) in [6, 6.07) is -0.0205. The van der Waals surface area contributed by atoms with Crippen LogP contribution in [0.25, 0.3) is 0 Å². The lowest BCUT2D eigenvalue weighted by Crippen LogP contribution is -2.41. The second-order valence-electron chi connectivity index (χ2n) is 6.63. The number of hydrogen-bond acceptors (Lipinski definition) is 5. The lowest BCUT2D eigenvalue weighted by atomic mass is 9.95. The summed E-state index contributed by atoms with van der Waals surface area (Å²) in [7, 11) is 0. The Balaban J connectivity index is 1.85. The van der Waals surface area contributed by atoms with E-state index in [1.165, 1.54) is 31.0 Å². The summed E-state index contributed by atoms with van der Waals surface area (Å²) in [4.78, 5) is 23.5. The molecule has 0 aromatic carbocycles. The fraction of sp³-hybridized carbons (Fsp3) is 0.750. The van der Waals surface area contributed by atoms with Gasteiger partial charge in [0.25, 0.3) is 0 Å². The van der Waals surface area contributed by atoms with Crippen LogP contribution >= 0.6 is 11.8 Å². The van der Waals surface area contributed by atoms with Crippen molar-refractivity contribution < 1.29 is 9.59 Å². The molecule has 0 aliphatic heterocycles. The molecular formula is C16H27N5O2S. The first kappa shape index (κ1) is 18.8. The Morgan fingerprint density at radius 2 is 1.96 bits per heavy atom. The molecule has 2 N–H and O–H groups in total. The molecule has 1 aromatic heterocycles. The Hall–Kier alpha value is -1.57. The zero-order chi connectivity index (χ0) is 17.5. The van der Waals surface area contributed by atoms with Gasteiger partial charge in [0.2, 0.25) is 5.91 Å². The van der Waals surface area contributed by atoms with Gasteiger partial charge in [0, 0.05) is 12.6 Å². The first-order valence-corrected chi connectivity index (χ1v) is 9.58. The summed E-state index contributed by atoms with van der Waals surface area (Å²) >= 11 is 1.33. The lowest BCUT2D eigenvalue weighted by Gasteiger charge is -2.24. The Morgan fingerprint density at radius 3 is 2.62 bits per heavy atom. The van der Waals surface area contributed by atoms with Crippen LogP contribution in [0.15, 0.2) is 5.16 Å². The molecule has 0 unspecified atom stereocenters. The van der Waals surface area contributed by atoms with E-state index in [-0.39, 0.29) is 11.7 Å². The van der Waals surface area contributed by atoms with Crippen molar-refractivity contribution in [1.82, 2.24) is 25.4 Å². The first-order chi connectivity index (χ1) is 11.5. The summed E-state index contributed by atoms with van der Waals surface area (Å²) in [5, 5.41) is 14.1. The minimum atomic E-state index is -0.445. The number of aryl methyl sites for hydroxylation is 1. The minimum Gasteiger partial charge on any atom is -0.338 e. The van der Waals surface area contributed by atoms with Gasteiger partial charge >= 0.3 is 6.03 Å². The third-order valence-electron chi connectivity index (χ3n) is 4.03. The molecule has 0 saturated heterocycles. The number of hydrogen-bond donors (Lipinski definition) is 2. The maximum Gasteiger partial charge on any atom is 0.321 e. The lowest BCUT2D eigenvalue weighted by molar-refractivity contribution is -0.117. The largest absolute Gasteiger partial charge is 0.338 e. The molecule has 1 saturated carbocycles. The highest BCUT2D eigenvalue weighted by Gasteiger charge is 2.22. The Labute approximate surface area is 147 Å². The van der Waals surface area contributed by atoms with E-state index >= 15 is 0 Å². The first-order valence-electron chi connectivity index (χ1n) is 8.59. The topological polar surface area (TPSA) is 88.9 Å². The van der Waals surface area contributed by atoms with Gasteiger partial charge in [-0.3, -0.25) is 10.1 Å². The van der Waals surface area contributed by atoms with Gasteiger partial charge in [0.1, 0.15) is 5.82 Å². The maximum absolute atomic E-state index is 11.9. The van der Waals surface area contributed by atoms with Crippen molar-refractivity contribution in [3.63, 3.8) is 0 Å². The van der Waals surface area contributed by atoms with Gasteiger partial charge in [-0.2, -0.15) is 0 Å². The molecule has 1 aromatic rings. The smallest absolute Gasteiger partial charge is 0.321 e. The highest BCUT2D eigenvalue weighted by molar-refractivity contribution is 7.99. The molecular weight excluding hydrogens is 326 g/mol. The second-order valence-corrected chi connectivity index (χ2v) is 7.57. The van der Waals surface area contributed by atoms with Crippen molar-refractivity contribution in [3.8, 4) is 0 Å². The summed E-state index contributed by atoms with van der Waals surface area (Å²) in [5.41, 5.74) is 0. The van der Waals surface area contributed by atoms with Gasteiger partial charge < -0.3 is 9.88 Å². The zero-order valence-corrected chi connectivity index (χ0v) is 15.5. The summed E-state index contributed by atoms with van der Waals surface area (Å²) < 4.78 is 2.15. The number of urea groups is 1. The highest BCUT2D eigenvalue weighted by Crippen LogP contribution is 2.32. The predicted molar refractivity (Wildman–Crippen MR) is 94.0 cm³/mol. The van der Waals surface area contributed by atoms with Gasteiger partial charge in [0.15, 0.2) is 5.16 Å². The van der Waals surface area contributed by atoms with Crippen LogP contribution < -0.4 is 10.6 Å². The van der Waals surface area contributed by atoms with Crippen LogP contribution in [0.3, 0.4) is 0 Å². The Kier molecular flexibility index (Phi) is 7.08. The fourth-order valence-electron chi connectivity index (χ4n) is 2.84. The molecule has 7 nitrogen and oxygen atoms in total.